The number of nitrogens with zero attached hydrogens (tertiary/aromatic N) is 3. The first-order valence-electron chi connectivity index (χ1n) is 46.6. The molecule has 4 atom stereocenters. The second kappa shape index (κ2) is 63.9. The van der Waals surface area contributed by atoms with E-state index in [2.05, 4.69) is 10.0 Å². The van der Waals surface area contributed by atoms with Gasteiger partial charge in [-0.2, -0.15) is 8.42 Å². The number of aliphatic hydroxyl groups excluding tert-OH is 1. The molecule has 9 rings (SSSR count). The summed E-state index contributed by atoms with van der Waals surface area (Å²) < 4.78 is 287. The maximum absolute atomic E-state index is 18.5. The summed E-state index contributed by atoms with van der Waals surface area (Å²) in [6.45, 7) is 25.0. The number of sulfone groups is 1. The van der Waals surface area contributed by atoms with Crippen LogP contribution in [0.3, 0.4) is 0 Å². The number of sulfonamides is 1. The first-order chi connectivity index (χ1) is 68.1. The van der Waals surface area contributed by atoms with Crippen LogP contribution in [0.5, 0.6) is 23.3 Å². The quantitative estimate of drug-likeness (QED) is 0.0104. The fourth-order valence-corrected chi connectivity index (χ4v) is 22.7. The van der Waals surface area contributed by atoms with Crippen LogP contribution < -0.4 is 39.7 Å². The van der Waals surface area contributed by atoms with Crippen LogP contribution >= 0.6 is 35.3 Å². The van der Waals surface area contributed by atoms with E-state index in [1.807, 2.05) is 37.2 Å². The normalized spacial score (nSPS) is 17.0. The smallest absolute Gasteiger partial charge is 0.343 e. The number of fused-ring (bicyclic) bond motifs is 8. The Morgan fingerprint density at radius 3 is 1.28 bits per heavy atom. The summed E-state index contributed by atoms with van der Waals surface area (Å²) in [5.41, 5.74) is -2.32. The fourth-order valence-electron chi connectivity index (χ4n) is 14.8. The number of hydrogen-bond donors (Lipinski definition) is 6. The van der Waals surface area contributed by atoms with Gasteiger partial charge in [0, 0.05) is 116 Å². The van der Waals surface area contributed by atoms with Gasteiger partial charge in [0.05, 0.1) is 329 Å². The van der Waals surface area contributed by atoms with Gasteiger partial charge in [0.2, 0.25) is 37.0 Å². The highest BCUT2D eigenvalue weighted by molar-refractivity contribution is 8.19. The molecule has 0 radical (unpaired) electrons. The molecule has 0 spiro atoms. The highest BCUT2D eigenvalue weighted by Crippen LogP contribution is 2.61. The van der Waals surface area contributed by atoms with Crippen LogP contribution in [0.15, 0.2) is 66.8 Å². The van der Waals surface area contributed by atoms with E-state index in [1.165, 1.54) is 12.1 Å². The Bertz CT molecular complexity index is 4980. The molecule has 1 aromatic heterocycles. The van der Waals surface area contributed by atoms with Gasteiger partial charge in [0.1, 0.15) is 33.5 Å². The van der Waals surface area contributed by atoms with Gasteiger partial charge in [-0.15, -0.1) is 40.0 Å². The van der Waals surface area contributed by atoms with Crippen molar-refractivity contribution in [1.82, 2.24) is 19.3 Å². The zero-order valence-electron chi connectivity index (χ0n) is 81.1. The van der Waals surface area contributed by atoms with E-state index in [0.717, 1.165) is 35.7 Å². The zero-order valence-corrected chi connectivity index (χ0v) is 86.0. The highest BCUT2D eigenvalue weighted by Gasteiger charge is 2.54. The second-order valence-electron chi connectivity index (χ2n) is 32.7. The van der Waals surface area contributed by atoms with E-state index in [9.17, 15) is 44.8 Å². The molecule has 3 aromatic carbocycles. The van der Waals surface area contributed by atoms with Crippen molar-refractivity contribution in [3.63, 3.8) is 0 Å². The van der Waals surface area contributed by atoms with E-state index in [1.54, 1.807) is 45.5 Å². The highest BCUT2D eigenvalue weighted by atomic mass is 32.3. The number of carbonyl (C=O) groups excluding carboxylic acids is 1. The summed E-state index contributed by atoms with van der Waals surface area (Å²) in [6.07, 6.45) is 3.24. The Morgan fingerprint density at radius 2 is 0.865 bits per heavy atom. The van der Waals surface area contributed by atoms with Crippen molar-refractivity contribution in [1.29, 1.82) is 0 Å². The topological polar surface area (TPSA) is 466 Å². The third-order valence-corrected chi connectivity index (χ3v) is 31.2. The maximum atomic E-state index is 18.5. The van der Waals surface area contributed by atoms with Crippen molar-refractivity contribution in [2.75, 3.05) is 355 Å². The van der Waals surface area contributed by atoms with Gasteiger partial charge in [-0.25, -0.2) is 44.1 Å². The average molecular weight is 2130 g/mol. The van der Waals surface area contributed by atoms with Crippen molar-refractivity contribution < 1.29 is 182 Å². The molecule has 6 N–H and O–H groups in total. The van der Waals surface area contributed by atoms with Crippen molar-refractivity contribution >= 4 is 82.5 Å². The lowest BCUT2D eigenvalue weighted by Gasteiger charge is -2.49. The zero-order chi connectivity index (χ0) is 101. The first kappa shape index (κ1) is 119. The molecule has 4 unspecified atom stereocenters. The Kier molecular flexibility index (Phi) is 53.9. The Hall–Kier alpha value is -5.63. The summed E-state index contributed by atoms with van der Waals surface area (Å²) in [5, 5.41) is 31.1. The maximum Gasteiger partial charge on any atom is 0.343 e. The van der Waals surface area contributed by atoms with Gasteiger partial charge >= 0.3 is 5.97 Å². The Morgan fingerprint density at radius 1 is 0.482 bits per heavy atom. The number of nitrogens with one attached hydrogen (secondary N) is 2. The lowest BCUT2D eigenvalue weighted by atomic mass is 9.76. The van der Waals surface area contributed by atoms with E-state index in [0.29, 0.717) is 265 Å². The molecule has 4 aromatic rings. The lowest BCUT2D eigenvalue weighted by molar-refractivity contribution is -0.142. The first-order valence-corrected chi connectivity index (χ1v) is 53.9. The molecular weight excluding hydrogens is 1990 g/mol. The van der Waals surface area contributed by atoms with E-state index >= 15 is 13.2 Å². The SMILES string of the molecule is COCCOCCOCCOCCOCCOCCOCCOCCOCCOCCOCCOCCNS(=O)(=O)C1=CC2C(S1)c1cc3c(cc1N(C)C2(C)C)Oc1cc2c(cc1=C3c1c(F)c(SCC(=O)On3c(O)ccc3O)c(F)c(F)c1S(=O)(=O)O)C1SC(S(=O)(=O)COCCOCCOCCOCCOCCOCCNCCOCCOCCOCCOCCOCCO)=CC1C(C)(C)[N+]=2C. The van der Waals surface area contributed by atoms with Crippen LogP contribution in [-0.2, 0) is 144 Å². The molecule has 5 aliphatic rings. The number of hydrogen-bond acceptors (Lipinski definition) is 40. The fraction of sp³-hybridized carbons (Fsp3) is 0.692. The minimum Gasteiger partial charge on any atom is -0.492 e. The molecule has 0 bridgehead atoms. The molecule has 0 amide bonds. The van der Waals surface area contributed by atoms with Crippen LogP contribution in [0.1, 0.15) is 60.4 Å². The van der Waals surface area contributed by atoms with Crippen molar-refractivity contribution in [2.24, 2.45) is 11.8 Å². The van der Waals surface area contributed by atoms with Gasteiger partial charge in [0.15, 0.2) is 23.1 Å². The van der Waals surface area contributed by atoms with Gasteiger partial charge < -0.3 is 144 Å². The monoisotopic (exact) mass is 2130 g/mol. The van der Waals surface area contributed by atoms with E-state index < -0.39 is 131 Å². The summed E-state index contributed by atoms with van der Waals surface area (Å²) >= 11 is 2.00. The van der Waals surface area contributed by atoms with Crippen molar-refractivity contribution in [2.45, 2.75) is 59.1 Å². The molecule has 141 heavy (non-hydrogen) atoms. The van der Waals surface area contributed by atoms with Gasteiger partial charge in [-0.1, -0.05) is 6.08 Å². The van der Waals surface area contributed by atoms with E-state index in [-0.39, 0.29) is 122 Å². The van der Waals surface area contributed by atoms with Gasteiger partial charge in [0.25, 0.3) is 10.1 Å². The predicted molar refractivity (Wildman–Crippen MR) is 513 cm³/mol. The third kappa shape index (κ3) is 38.2. The van der Waals surface area contributed by atoms with Crippen LogP contribution in [-0.4, -0.2) is 417 Å². The number of aromatic hydroxyl groups is 2. The number of anilines is 1. The molecular formula is C91H139F3N5O36S6+. The number of thioether (sulfide) groups is 3. The number of rotatable bonds is 82. The molecule has 50 heteroatoms. The summed E-state index contributed by atoms with van der Waals surface area (Å²) in [7, 11) is -9.33. The molecule has 41 nitrogen and oxygen atoms in total. The van der Waals surface area contributed by atoms with E-state index in [4.69, 9.17) is 124 Å². The Labute approximate surface area is 834 Å². The predicted octanol–water partition coefficient (Wildman–Crippen LogP) is 4.18. The number of aliphatic hydroxyl groups is 1. The Balaban J connectivity index is 0.730. The average Bonchev–Trinajstić information content (AvgIpc) is 1.69. The van der Waals surface area contributed by atoms with Crippen LogP contribution in [0.2, 0.25) is 0 Å². The number of benzene rings is 3. The molecule has 0 fully saturated rings. The number of aromatic nitrogens is 1. The molecule has 0 saturated carbocycles. The summed E-state index contributed by atoms with van der Waals surface area (Å²) in [4.78, 5) is 17.1. The largest absolute Gasteiger partial charge is 0.492 e. The second-order valence-corrected chi connectivity index (χ2v) is 41.6. The number of ether oxygens (including phenoxy) is 24. The number of halogens is 3. The minimum atomic E-state index is -6.02. The van der Waals surface area contributed by atoms with Gasteiger partial charge in [-0.3, -0.25) is 4.55 Å². The third-order valence-electron chi connectivity index (χ3n) is 22.5. The molecule has 0 aliphatic carbocycles. The minimum absolute atomic E-state index is 0.0118. The van der Waals surface area contributed by atoms with Crippen LogP contribution in [0.4, 0.5) is 18.9 Å². The standard InChI is InChI=1S/C91H138F3N5O36S6/c1-90(2)70-60-79(139(104,105)65-133-57-56-132-55-54-131-53-52-123-35-31-118-25-21-113-15-11-95-10-14-112-20-24-117-30-34-122-37-33-120-27-23-115-17-13-100)137-86(70)66-58-68-74(62-72(66)97(90)5)134-75-63-73-67(59-69(75)81(68)82-83(92)88(84(93)85(94)89(82)141(108,109)110)136-64-78(103)135-99-76(101)8-9-77(99)102)87-71(91(3,4)98(73)6)61-80(138-87)140(106,107)96-12-16-114-22-26-119-32-36-124-40-41-126-44-45-128-48-49-130-51-50-129-47-46-127-43-42-125-39-38-121-29-28-116-19-18-111-7/h8-9,58-63,70-71,86-87,95-96,100H,10-57,64-65H2,1-7H3,(H2-,101,102,108,109,110)/p+1. The van der Waals surface area contributed by atoms with Gasteiger partial charge in [-0.05, 0) is 37.6 Å². The van der Waals surface area contributed by atoms with Crippen molar-refractivity contribution in [3.05, 3.63) is 107 Å². The summed E-state index contributed by atoms with van der Waals surface area (Å²) in [5.74, 6) is -12.2. The van der Waals surface area contributed by atoms with Crippen LogP contribution in [0.25, 0.3) is 5.57 Å². The number of methoxy groups -OCH3 is 1. The summed E-state index contributed by atoms with van der Waals surface area (Å²) in [6, 6.07) is 8.11. The molecule has 6 heterocycles. The molecule has 800 valence electrons. The van der Waals surface area contributed by atoms with Crippen molar-refractivity contribution in [3.8, 4) is 23.3 Å². The number of carbonyl (C=O) groups is 1. The molecule has 0 saturated heterocycles. The molecule has 5 aliphatic heterocycles. The lowest BCUT2D eigenvalue weighted by Crippen LogP contribution is -2.55. The van der Waals surface area contributed by atoms with Crippen LogP contribution in [0, 0.1) is 29.3 Å².